The van der Waals surface area contributed by atoms with Crippen LogP contribution in [0.15, 0.2) is 205 Å². The van der Waals surface area contributed by atoms with E-state index in [0.717, 1.165) is 28.3 Å². The molecule has 5 heteroatoms. The van der Waals surface area contributed by atoms with Crippen molar-refractivity contribution in [3.05, 3.63) is 217 Å². The molecule has 0 aliphatic carbocycles. The molecule has 1 aliphatic rings. The molecule has 294 valence electrons. The maximum Gasteiger partial charge on any atom is 0.131 e. The van der Waals surface area contributed by atoms with E-state index in [4.69, 9.17) is 4.99 Å². The second-order valence-electron chi connectivity index (χ2n) is 14.5. The number of benzene rings is 8. The lowest BCUT2D eigenvalue weighted by molar-refractivity contribution is 0.409. The van der Waals surface area contributed by atoms with Gasteiger partial charge < -0.3 is 14.5 Å². The summed E-state index contributed by atoms with van der Waals surface area (Å²) >= 11 is 0. The Hall–Kier alpha value is -7.21. The molecule has 0 bridgehead atoms. The Balaban J connectivity index is 0.00000112. The Morgan fingerprint density at radius 2 is 0.883 bits per heavy atom. The lowest BCUT2D eigenvalue weighted by Gasteiger charge is -2.32. The first-order valence-electron chi connectivity index (χ1n) is 21.2. The fourth-order valence-electron chi connectivity index (χ4n) is 8.55. The number of hydrogen-bond donors (Lipinski definition) is 2. The monoisotopic (exact) mass is 779 g/mol. The molecule has 0 radical (unpaired) electrons. The summed E-state index contributed by atoms with van der Waals surface area (Å²) in [5.41, 5.74) is 12.7. The lowest BCUT2D eigenvalue weighted by atomic mass is 10.0. The van der Waals surface area contributed by atoms with Gasteiger partial charge in [-0.2, -0.15) is 0 Å². The van der Waals surface area contributed by atoms with Gasteiger partial charge in [0.25, 0.3) is 0 Å². The fourth-order valence-corrected chi connectivity index (χ4v) is 8.55. The van der Waals surface area contributed by atoms with Crippen molar-refractivity contribution >= 4 is 49.4 Å². The number of nitrogens with one attached hydrogen (secondary N) is 2. The Kier molecular flexibility index (Phi) is 10.8. The standard InChI is InChI=1S/C51H37N5.2C2H6/c1-3-14-34(15-4-1)49-52-50(35-16-5-2-6-17-35)54-51(53-49)36-26-29-39(30-27-36)55-45-23-10-9-22-43(45)44-31-28-38(33-48(44)55)37-18-13-19-40(32-37)56-46-24-11-7-20-41(46)42-21-8-12-25-47(42)56;2*1-2/h1-33,49,51,53H,(H,52,54);2*1-2H3. The first-order valence-corrected chi connectivity index (χ1v) is 21.2. The van der Waals surface area contributed by atoms with E-state index in [0.29, 0.717) is 0 Å². The van der Waals surface area contributed by atoms with Crippen LogP contribution >= 0.6 is 0 Å². The molecule has 5 nitrogen and oxygen atoms in total. The van der Waals surface area contributed by atoms with Gasteiger partial charge in [0.15, 0.2) is 0 Å². The predicted octanol–water partition coefficient (Wildman–Crippen LogP) is 13.9. The van der Waals surface area contributed by atoms with Crippen molar-refractivity contribution in [2.75, 3.05) is 0 Å². The van der Waals surface area contributed by atoms with Crippen LogP contribution in [0.3, 0.4) is 0 Å². The SMILES string of the molecule is CC.CC.c1ccc(C2=NC(c3ccc(-n4c5ccccc5c5ccc(-c6cccc(-n7c8ccccc8c8ccccc87)c6)cc54)cc3)NC(c3ccccc3)N2)cc1. The Bertz CT molecular complexity index is 3030. The summed E-state index contributed by atoms with van der Waals surface area (Å²) < 4.78 is 4.79. The minimum atomic E-state index is -0.225. The van der Waals surface area contributed by atoms with Crippen LogP contribution in [0.1, 0.15) is 56.7 Å². The molecule has 0 saturated carbocycles. The molecular weight excluding hydrogens is 731 g/mol. The molecule has 3 heterocycles. The van der Waals surface area contributed by atoms with Crippen LogP contribution in [0.25, 0.3) is 66.1 Å². The Labute approximate surface area is 352 Å². The molecule has 0 fully saturated rings. The number of nitrogens with zero attached hydrogens (tertiary/aromatic N) is 3. The largest absolute Gasteiger partial charge is 0.350 e. The molecule has 0 amide bonds. The van der Waals surface area contributed by atoms with Crippen molar-refractivity contribution < 1.29 is 0 Å². The van der Waals surface area contributed by atoms with Gasteiger partial charge in [0.05, 0.1) is 22.1 Å². The highest BCUT2D eigenvalue weighted by atomic mass is 15.3. The Morgan fingerprint density at radius 3 is 1.50 bits per heavy atom. The van der Waals surface area contributed by atoms with Gasteiger partial charge in [0.1, 0.15) is 18.2 Å². The van der Waals surface area contributed by atoms with Crippen molar-refractivity contribution in [1.29, 1.82) is 0 Å². The number of hydrogen-bond acceptors (Lipinski definition) is 3. The molecule has 1 aliphatic heterocycles. The van der Waals surface area contributed by atoms with E-state index in [1.165, 1.54) is 60.3 Å². The molecule has 0 saturated heterocycles. The second kappa shape index (κ2) is 16.9. The molecular formula is C55H49N5. The van der Waals surface area contributed by atoms with Crippen molar-refractivity contribution in [3.63, 3.8) is 0 Å². The van der Waals surface area contributed by atoms with Gasteiger partial charge in [-0.25, -0.2) is 4.99 Å². The van der Waals surface area contributed by atoms with Gasteiger partial charge in [-0.05, 0) is 70.8 Å². The van der Waals surface area contributed by atoms with E-state index in [9.17, 15) is 0 Å². The van der Waals surface area contributed by atoms with Gasteiger partial charge in [0.2, 0.25) is 0 Å². The van der Waals surface area contributed by atoms with E-state index in [1.54, 1.807) is 0 Å². The third-order valence-electron chi connectivity index (χ3n) is 11.2. The van der Waals surface area contributed by atoms with Crippen LogP contribution in [-0.2, 0) is 0 Å². The summed E-state index contributed by atoms with van der Waals surface area (Å²) in [6, 6.07) is 71.7. The fraction of sp³-hybridized carbons (Fsp3) is 0.109. The van der Waals surface area contributed by atoms with Crippen LogP contribution < -0.4 is 10.6 Å². The van der Waals surface area contributed by atoms with Crippen molar-refractivity contribution in [1.82, 2.24) is 19.8 Å². The molecule has 2 atom stereocenters. The minimum Gasteiger partial charge on any atom is -0.350 e. The minimum absolute atomic E-state index is 0.0854. The van der Waals surface area contributed by atoms with E-state index in [-0.39, 0.29) is 12.3 Å². The first-order chi connectivity index (χ1) is 29.8. The summed E-state index contributed by atoms with van der Waals surface area (Å²) in [6.07, 6.45) is -0.310. The second-order valence-corrected chi connectivity index (χ2v) is 14.5. The molecule has 10 aromatic rings. The molecule has 11 rings (SSSR count). The number of amidine groups is 1. The summed E-state index contributed by atoms with van der Waals surface area (Å²) in [5.74, 6) is 0.879. The first kappa shape index (κ1) is 38.3. The number of aromatic nitrogens is 2. The Morgan fingerprint density at radius 1 is 0.383 bits per heavy atom. The van der Waals surface area contributed by atoms with Gasteiger partial charge in [0, 0.05) is 38.5 Å². The van der Waals surface area contributed by atoms with E-state index >= 15 is 0 Å². The average molecular weight is 780 g/mol. The quantitative estimate of drug-likeness (QED) is 0.177. The van der Waals surface area contributed by atoms with Crippen molar-refractivity contribution in [2.24, 2.45) is 4.99 Å². The highest BCUT2D eigenvalue weighted by molar-refractivity contribution is 6.11. The van der Waals surface area contributed by atoms with Crippen LogP contribution in [0.2, 0.25) is 0 Å². The number of rotatable bonds is 6. The maximum atomic E-state index is 5.18. The lowest BCUT2D eigenvalue weighted by Crippen LogP contribution is -2.44. The van der Waals surface area contributed by atoms with E-state index in [2.05, 4.69) is 214 Å². The zero-order valence-corrected chi connectivity index (χ0v) is 34.5. The average Bonchev–Trinajstić information content (AvgIpc) is 3.86. The van der Waals surface area contributed by atoms with Gasteiger partial charge >= 0.3 is 0 Å². The highest BCUT2D eigenvalue weighted by Gasteiger charge is 2.25. The van der Waals surface area contributed by atoms with E-state index in [1.807, 2.05) is 33.8 Å². The van der Waals surface area contributed by atoms with Gasteiger partial charge in [-0.3, -0.25) is 5.32 Å². The number of aliphatic imine (C=N–C) groups is 1. The zero-order valence-electron chi connectivity index (χ0n) is 34.5. The van der Waals surface area contributed by atoms with Gasteiger partial charge in [-0.15, -0.1) is 0 Å². The number of fused-ring (bicyclic) bond motifs is 6. The molecule has 0 spiro atoms. The zero-order chi connectivity index (χ0) is 41.0. The van der Waals surface area contributed by atoms with Crippen molar-refractivity contribution in [2.45, 2.75) is 40.0 Å². The van der Waals surface area contributed by atoms with Crippen molar-refractivity contribution in [3.8, 4) is 22.5 Å². The van der Waals surface area contributed by atoms with Crippen LogP contribution in [0.5, 0.6) is 0 Å². The third-order valence-corrected chi connectivity index (χ3v) is 11.2. The summed E-state index contributed by atoms with van der Waals surface area (Å²) in [6.45, 7) is 8.00. The molecule has 2 aromatic heterocycles. The molecule has 8 aromatic carbocycles. The third kappa shape index (κ3) is 6.93. The predicted molar refractivity (Wildman–Crippen MR) is 254 cm³/mol. The van der Waals surface area contributed by atoms with Crippen LogP contribution in [0.4, 0.5) is 0 Å². The normalized spacial score (nSPS) is 14.8. The van der Waals surface area contributed by atoms with Crippen LogP contribution in [-0.4, -0.2) is 15.0 Å². The molecule has 60 heavy (non-hydrogen) atoms. The van der Waals surface area contributed by atoms with Gasteiger partial charge in [-0.1, -0.05) is 179 Å². The molecule has 2 unspecified atom stereocenters. The van der Waals surface area contributed by atoms with Crippen LogP contribution in [0, 0.1) is 0 Å². The maximum absolute atomic E-state index is 5.18. The summed E-state index contributed by atoms with van der Waals surface area (Å²) in [5, 5.41) is 12.4. The smallest absolute Gasteiger partial charge is 0.131 e. The summed E-state index contributed by atoms with van der Waals surface area (Å²) in [4.78, 5) is 5.18. The topological polar surface area (TPSA) is 46.3 Å². The number of para-hydroxylation sites is 3. The molecule has 2 N–H and O–H groups in total. The highest BCUT2D eigenvalue weighted by Crippen LogP contribution is 2.37. The van der Waals surface area contributed by atoms with E-state index < -0.39 is 0 Å². The summed E-state index contributed by atoms with van der Waals surface area (Å²) in [7, 11) is 0.